The molecule has 0 spiro atoms. The van der Waals surface area contributed by atoms with E-state index in [0.717, 1.165) is 16.3 Å². The van der Waals surface area contributed by atoms with Gasteiger partial charge in [-0.15, -0.1) is 0 Å². The van der Waals surface area contributed by atoms with E-state index in [-0.39, 0.29) is 9.76 Å². The monoisotopic (exact) mass is 234 g/mol. The third-order valence-electron chi connectivity index (χ3n) is 2.66. The van der Waals surface area contributed by atoms with E-state index in [4.69, 9.17) is 4.43 Å². The van der Waals surface area contributed by atoms with E-state index in [0.29, 0.717) is 11.1 Å². The summed E-state index contributed by atoms with van der Waals surface area (Å²) >= 11 is 0. The second kappa shape index (κ2) is 3.84. The quantitative estimate of drug-likeness (QED) is 0.425. The van der Waals surface area contributed by atoms with E-state index in [1.54, 1.807) is 13.2 Å². The molecule has 4 nitrogen and oxygen atoms in total. The normalized spacial score (nSPS) is 13.9. The van der Waals surface area contributed by atoms with Crippen molar-refractivity contribution in [3.05, 3.63) is 28.3 Å². The van der Waals surface area contributed by atoms with Gasteiger partial charge in [0.05, 0.1) is 11.1 Å². The highest BCUT2D eigenvalue weighted by Crippen LogP contribution is 2.21. The van der Waals surface area contributed by atoms with Crippen LogP contribution in [0.2, 0.25) is 0 Å². The zero-order chi connectivity index (χ0) is 11.9. The Kier molecular flexibility index (Phi) is 2.65. The number of rotatable bonds is 2. The van der Waals surface area contributed by atoms with Crippen molar-refractivity contribution >= 4 is 26.9 Å². The number of carbonyl (C=O) groups is 2. The van der Waals surface area contributed by atoms with Gasteiger partial charge in [0.15, 0.2) is 0 Å². The van der Waals surface area contributed by atoms with E-state index in [2.05, 4.69) is 4.74 Å². The molecule has 5 heteroatoms. The summed E-state index contributed by atoms with van der Waals surface area (Å²) in [6.07, 6.45) is 0. The van der Waals surface area contributed by atoms with Crippen molar-refractivity contribution in [1.29, 1.82) is 0 Å². The average molecular weight is 234 g/mol. The fourth-order valence-electron chi connectivity index (χ4n) is 1.71. The number of cyclic esters (lactones) is 2. The van der Waals surface area contributed by atoms with Crippen molar-refractivity contribution in [2.75, 3.05) is 7.11 Å². The van der Waals surface area contributed by atoms with Crippen LogP contribution < -0.4 is 5.19 Å². The minimum absolute atomic E-state index is 0.0470. The number of fused-ring (bicyclic) bond motifs is 1. The molecule has 2 rings (SSSR count). The molecule has 0 fully saturated rings. The number of hydrogen-bond acceptors (Lipinski definition) is 4. The molecule has 0 unspecified atom stereocenters. The molecule has 16 heavy (non-hydrogen) atoms. The summed E-state index contributed by atoms with van der Waals surface area (Å²) in [4.78, 5) is 23.0. The van der Waals surface area contributed by atoms with Crippen LogP contribution >= 0.6 is 0 Å². The third-order valence-corrected chi connectivity index (χ3v) is 3.69. The fourth-order valence-corrected chi connectivity index (χ4v) is 2.60. The van der Waals surface area contributed by atoms with Gasteiger partial charge in [-0.25, -0.2) is 9.59 Å². The molecule has 0 saturated heterocycles. The topological polar surface area (TPSA) is 52.6 Å². The summed E-state index contributed by atoms with van der Waals surface area (Å²) in [5.41, 5.74) is 2.66. The average Bonchev–Trinajstić information content (AvgIpc) is 2.49. The molecule has 0 aromatic heterocycles. The molecular weight excluding hydrogens is 224 g/mol. The van der Waals surface area contributed by atoms with Gasteiger partial charge in [0.25, 0.3) is 9.76 Å². The van der Waals surface area contributed by atoms with Crippen molar-refractivity contribution in [3.63, 3.8) is 0 Å². The molecule has 0 aliphatic carbocycles. The largest absolute Gasteiger partial charge is 0.415 e. The fraction of sp³-hybridized carbons (Fsp3) is 0.273. The summed E-state index contributed by atoms with van der Waals surface area (Å²) < 4.78 is 9.68. The molecule has 82 valence electrons. The molecule has 1 aromatic carbocycles. The van der Waals surface area contributed by atoms with E-state index in [9.17, 15) is 9.59 Å². The zero-order valence-electron chi connectivity index (χ0n) is 9.21. The van der Waals surface area contributed by atoms with Crippen molar-refractivity contribution in [1.82, 2.24) is 0 Å². The van der Waals surface area contributed by atoms with Crippen LogP contribution in [0.4, 0.5) is 0 Å². The lowest BCUT2D eigenvalue weighted by atomic mass is 10.0. The Labute approximate surface area is 95.5 Å². The molecule has 1 aliphatic heterocycles. The standard InChI is InChI=1S/C11H10O4Si/c1-5-4-7-8(11(13)15-10(7)12)9(6(5)2)16-14-3/h4H,1-3H3. The smallest absolute Gasteiger partial charge is 0.346 e. The van der Waals surface area contributed by atoms with Gasteiger partial charge in [-0.1, -0.05) is 0 Å². The van der Waals surface area contributed by atoms with Crippen LogP contribution in [-0.4, -0.2) is 28.8 Å². The molecule has 1 heterocycles. The Hall–Kier alpha value is -1.46. The van der Waals surface area contributed by atoms with Crippen LogP contribution in [0.3, 0.4) is 0 Å². The molecule has 1 aromatic rings. The lowest BCUT2D eigenvalue weighted by Crippen LogP contribution is -2.27. The highest BCUT2D eigenvalue weighted by molar-refractivity contribution is 6.51. The number of ether oxygens (including phenoxy) is 1. The highest BCUT2D eigenvalue weighted by atomic mass is 28.2. The Morgan fingerprint density at radius 3 is 2.56 bits per heavy atom. The van der Waals surface area contributed by atoms with Crippen molar-refractivity contribution < 1.29 is 18.8 Å². The first-order valence-corrected chi connectivity index (χ1v) is 5.66. The zero-order valence-corrected chi connectivity index (χ0v) is 10.2. The molecular formula is C11H10O4Si. The Morgan fingerprint density at radius 2 is 1.94 bits per heavy atom. The van der Waals surface area contributed by atoms with Gasteiger partial charge in [0, 0.05) is 7.11 Å². The van der Waals surface area contributed by atoms with Gasteiger partial charge < -0.3 is 9.16 Å². The van der Waals surface area contributed by atoms with Gasteiger partial charge in [-0.3, -0.25) is 0 Å². The predicted octanol–water partition coefficient (Wildman–Crippen LogP) is 0.505. The first kappa shape index (κ1) is 11.0. The molecule has 2 radical (unpaired) electrons. The van der Waals surface area contributed by atoms with Gasteiger partial charge in [0.1, 0.15) is 0 Å². The Balaban J connectivity index is 2.72. The summed E-state index contributed by atoms with van der Waals surface area (Å²) in [6, 6.07) is 1.70. The number of benzene rings is 1. The minimum atomic E-state index is -0.567. The molecule has 1 aliphatic rings. The summed E-state index contributed by atoms with van der Waals surface area (Å²) in [5.74, 6) is -1.13. The van der Waals surface area contributed by atoms with Crippen LogP contribution in [0.1, 0.15) is 31.8 Å². The van der Waals surface area contributed by atoms with Gasteiger partial charge in [-0.05, 0) is 36.2 Å². The SMILES string of the molecule is CO[Si]c1c(C)c(C)cc2c1C(=O)OC2=O. The summed E-state index contributed by atoms with van der Waals surface area (Å²) in [7, 11) is 1.61. The first-order chi connectivity index (χ1) is 7.56. The number of aryl methyl sites for hydroxylation is 1. The van der Waals surface area contributed by atoms with Crippen molar-refractivity contribution in [2.24, 2.45) is 0 Å². The maximum absolute atomic E-state index is 11.5. The molecule has 0 amide bonds. The van der Waals surface area contributed by atoms with E-state index in [1.807, 2.05) is 13.8 Å². The van der Waals surface area contributed by atoms with E-state index >= 15 is 0 Å². The molecule has 0 bridgehead atoms. The minimum Gasteiger partial charge on any atom is -0.415 e. The van der Waals surface area contributed by atoms with Gasteiger partial charge >= 0.3 is 11.9 Å². The lowest BCUT2D eigenvalue weighted by Gasteiger charge is -2.09. The third kappa shape index (κ3) is 1.48. The van der Waals surface area contributed by atoms with Crippen LogP contribution in [0.5, 0.6) is 0 Å². The second-order valence-electron chi connectivity index (χ2n) is 3.60. The number of hydrogen-bond donors (Lipinski definition) is 0. The maximum Gasteiger partial charge on any atom is 0.346 e. The summed E-state index contributed by atoms with van der Waals surface area (Å²) in [5, 5.41) is 0.772. The number of carbonyl (C=O) groups excluding carboxylic acids is 2. The Bertz CT molecular complexity index is 493. The van der Waals surface area contributed by atoms with Crippen molar-refractivity contribution in [3.8, 4) is 0 Å². The molecule has 0 atom stereocenters. The lowest BCUT2D eigenvalue weighted by molar-refractivity contribution is 0.0444. The predicted molar refractivity (Wildman–Crippen MR) is 58.1 cm³/mol. The van der Waals surface area contributed by atoms with Crippen molar-refractivity contribution in [2.45, 2.75) is 13.8 Å². The van der Waals surface area contributed by atoms with Gasteiger partial charge in [-0.2, -0.15) is 0 Å². The Morgan fingerprint density at radius 1 is 1.25 bits per heavy atom. The second-order valence-corrected chi connectivity index (χ2v) is 4.71. The maximum atomic E-state index is 11.5. The van der Waals surface area contributed by atoms with Crippen LogP contribution in [0, 0.1) is 13.8 Å². The summed E-state index contributed by atoms with van der Waals surface area (Å²) in [6.45, 7) is 3.81. The van der Waals surface area contributed by atoms with Crippen LogP contribution in [0.25, 0.3) is 0 Å². The first-order valence-electron chi connectivity index (χ1n) is 4.76. The van der Waals surface area contributed by atoms with Crippen LogP contribution in [0.15, 0.2) is 6.07 Å². The number of esters is 2. The van der Waals surface area contributed by atoms with Gasteiger partial charge in [0.2, 0.25) is 0 Å². The van der Waals surface area contributed by atoms with E-state index < -0.39 is 11.9 Å². The molecule has 0 N–H and O–H groups in total. The van der Waals surface area contributed by atoms with E-state index in [1.165, 1.54) is 0 Å². The molecule has 0 saturated carbocycles. The van der Waals surface area contributed by atoms with Crippen LogP contribution in [-0.2, 0) is 9.16 Å². The highest BCUT2D eigenvalue weighted by Gasteiger charge is 2.33.